The molecule has 0 saturated heterocycles. The molecule has 0 radical (unpaired) electrons. The molecule has 6 nitrogen and oxygen atoms in total. The van der Waals surface area contributed by atoms with Gasteiger partial charge in [-0.05, 0) is 36.6 Å². The Labute approximate surface area is 125 Å². The Morgan fingerprint density at radius 3 is 2.52 bits per heavy atom. The number of carbonyl (C=O) groups is 2. The molecule has 1 aromatic rings. The van der Waals surface area contributed by atoms with E-state index in [-0.39, 0.29) is 24.3 Å². The predicted molar refractivity (Wildman–Crippen MR) is 82.2 cm³/mol. The monoisotopic (exact) mass is 293 g/mol. The van der Waals surface area contributed by atoms with Crippen LogP contribution in [0.25, 0.3) is 0 Å². The lowest BCUT2D eigenvalue weighted by molar-refractivity contribution is -0.125. The molecule has 2 amide bonds. The van der Waals surface area contributed by atoms with Gasteiger partial charge >= 0.3 is 0 Å². The molecule has 1 rings (SSSR count). The first-order chi connectivity index (χ1) is 9.85. The minimum Gasteiger partial charge on any atom is -0.496 e. The number of ether oxygens (including phenoxy) is 1. The number of anilines is 1. The quantitative estimate of drug-likeness (QED) is 0.730. The molecule has 4 N–H and O–H groups in total. The lowest BCUT2D eigenvalue weighted by atomic mass is 10.1. The first-order valence-corrected chi connectivity index (χ1v) is 6.83. The molecule has 0 heterocycles. The Bertz CT molecular complexity index is 515. The summed E-state index contributed by atoms with van der Waals surface area (Å²) in [6.45, 7) is 5.48. The highest BCUT2D eigenvalue weighted by molar-refractivity contribution is 5.95. The molecule has 6 heteroatoms. The Morgan fingerprint density at radius 2 is 2.00 bits per heavy atom. The molecular weight excluding hydrogens is 270 g/mol. The van der Waals surface area contributed by atoms with Crippen molar-refractivity contribution >= 4 is 17.5 Å². The van der Waals surface area contributed by atoms with Crippen molar-refractivity contribution in [3.63, 3.8) is 0 Å². The van der Waals surface area contributed by atoms with Gasteiger partial charge in [0.2, 0.25) is 11.8 Å². The largest absolute Gasteiger partial charge is 0.496 e. The number of rotatable bonds is 6. The molecule has 21 heavy (non-hydrogen) atoms. The topological polar surface area (TPSA) is 93.5 Å². The lowest BCUT2D eigenvalue weighted by Crippen LogP contribution is -2.46. The minimum absolute atomic E-state index is 0.0253. The number of aryl methyl sites for hydroxylation is 1. The maximum Gasteiger partial charge on any atom is 0.243 e. The number of hydrogen-bond donors (Lipinski definition) is 3. The number of benzene rings is 1. The summed E-state index contributed by atoms with van der Waals surface area (Å²) in [4.78, 5) is 23.4. The van der Waals surface area contributed by atoms with Gasteiger partial charge in [-0.2, -0.15) is 0 Å². The first kappa shape index (κ1) is 17.0. The second-order valence-electron chi connectivity index (χ2n) is 5.22. The van der Waals surface area contributed by atoms with E-state index in [1.54, 1.807) is 25.3 Å². The third-order valence-corrected chi connectivity index (χ3v) is 3.12. The summed E-state index contributed by atoms with van der Waals surface area (Å²) in [5.41, 5.74) is 7.26. The van der Waals surface area contributed by atoms with Gasteiger partial charge in [0.25, 0.3) is 0 Å². The van der Waals surface area contributed by atoms with E-state index in [1.165, 1.54) is 0 Å². The van der Waals surface area contributed by atoms with Crippen LogP contribution < -0.4 is 21.1 Å². The van der Waals surface area contributed by atoms with Crippen LogP contribution in [0.3, 0.4) is 0 Å². The highest BCUT2D eigenvalue weighted by Gasteiger charge is 2.17. The van der Waals surface area contributed by atoms with Gasteiger partial charge in [-0.1, -0.05) is 13.8 Å². The third-order valence-electron chi connectivity index (χ3n) is 3.12. The van der Waals surface area contributed by atoms with Crippen molar-refractivity contribution < 1.29 is 14.3 Å². The van der Waals surface area contributed by atoms with Gasteiger partial charge < -0.3 is 21.1 Å². The lowest BCUT2D eigenvalue weighted by Gasteiger charge is -2.15. The summed E-state index contributed by atoms with van der Waals surface area (Å²) < 4.78 is 5.15. The van der Waals surface area contributed by atoms with Gasteiger partial charge in [-0.15, -0.1) is 0 Å². The minimum atomic E-state index is -0.610. The molecule has 0 bridgehead atoms. The summed E-state index contributed by atoms with van der Waals surface area (Å²) in [7, 11) is 1.59. The molecule has 116 valence electrons. The third kappa shape index (κ3) is 5.07. The van der Waals surface area contributed by atoms with Crippen molar-refractivity contribution in [2.75, 3.05) is 19.0 Å². The van der Waals surface area contributed by atoms with Crippen molar-refractivity contribution in [2.45, 2.75) is 26.8 Å². The second-order valence-corrected chi connectivity index (χ2v) is 5.22. The van der Waals surface area contributed by atoms with E-state index in [4.69, 9.17) is 10.5 Å². The van der Waals surface area contributed by atoms with Crippen LogP contribution in [0.1, 0.15) is 19.4 Å². The molecule has 0 spiro atoms. The summed E-state index contributed by atoms with van der Waals surface area (Å²) in [5.74, 6) is 0.149. The zero-order valence-corrected chi connectivity index (χ0v) is 12.9. The Morgan fingerprint density at radius 1 is 1.33 bits per heavy atom. The molecule has 0 saturated carbocycles. The molecule has 0 aliphatic heterocycles. The average molecular weight is 293 g/mol. The first-order valence-electron chi connectivity index (χ1n) is 6.83. The molecule has 1 atom stereocenters. The van der Waals surface area contributed by atoms with Crippen molar-refractivity contribution in [3.05, 3.63) is 23.8 Å². The van der Waals surface area contributed by atoms with Gasteiger partial charge in [0.1, 0.15) is 5.75 Å². The van der Waals surface area contributed by atoms with Gasteiger partial charge in [0.05, 0.1) is 19.7 Å². The standard InChI is InChI=1S/C15H23N3O3/c1-9(2)14(16)15(20)17-8-13(19)18-11-5-6-12(21-4)10(3)7-11/h5-7,9,14H,8,16H2,1-4H3,(H,17,20)(H,18,19)/t14-/m0/s1. The summed E-state index contributed by atoms with van der Waals surface area (Å²) in [6, 6.07) is 4.71. The van der Waals surface area contributed by atoms with Crippen molar-refractivity contribution in [1.29, 1.82) is 0 Å². The smallest absolute Gasteiger partial charge is 0.243 e. The van der Waals surface area contributed by atoms with E-state index in [2.05, 4.69) is 10.6 Å². The van der Waals surface area contributed by atoms with E-state index in [1.807, 2.05) is 20.8 Å². The zero-order valence-electron chi connectivity index (χ0n) is 12.9. The highest BCUT2D eigenvalue weighted by Crippen LogP contribution is 2.21. The number of methoxy groups -OCH3 is 1. The van der Waals surface area contributed by atoms with Crippen LogP contribution in [0.4, 0.5) is 5.69 Å². The molecule has 0 fully saturated rings. The SMILES string of the molecule is COc1ccc(NC(=O)CNC(=O)[C@@H](N)C(C)C)cc1C. The van der Waals surface area contributed by atoms with Crippen molar-refractivity contribution in [3.8, 4) is 5.75 Å². The van der Waals surface area contributed by atoms with Gasteiger partial charge in [0.15, 0.2) is 0 Å². The molecule has 1 aromatic carbocycles. The maximum absolute atomic E-state index is 11.8. The van der Waals surface area contributed by atoms with E-state index in [0.29, 0.717) is 5.69 Å². The molecule has 0 aliphatic rings. The van der Waals surface area contributed by atoms with Crippen molar-refractivity contribution in [1.82, 2.24) is 5.32 Å². The Kier molecular flexibility index (Phi) is 6.17. The fourth-order valence-corrected chi connectivity index (χ4v) is 1.75. The van der Waals surface area contributed by atoms with Gasteiger partial charge in [0, 0.05) is 5.69 Å². The van der Waals surface area contributed by atoms with Crippen LogP contribution in [0, 0.1) is 12.8 Å². The summed E-state index contributed by atoms with van der Waals surface area (Å²) >= 11 is 0. The molecular formula is C15H23N3O3. The summed E-state index contributed by atoms with van der Waals surface area (Å²) in [6.07, 6.45) is 0. The fraction of sp³-hybridized carbons (Fsp3) is 0.467. The van der Waals surface area contributed by atoms with Crippen LogP contribution in [-0.4, -0.2) is 31.5 Å². The van der Waals surface area contributed by atoms with E-state index in [0.717, 1.165) is 11.3 Å². The number of amides is 2. The Balaban J connectivity index is 2.51. The Hall–Kier alpha value is -2.08. The normalized spacial score (nSPS) is 11.9. The van der Waals surface area contributed by atoms with E-state index < -0.39 is 6.04 Å². The van der Waals surface area contributed by atoms with Crippen LogP contribution in [0.2, 0.25) is 0 Å². The zero-order chi connectivity index (χ0) is 16.0. The number of carbonyl (C=O) groups excluding carboxylic acids is 2. The molecule has 0 unspecified atom stereocenters. The van der Waals surface area contributed by atoms with Gasteiger partial charge in [-0.3, -0.25) is 9.59 Å². The van der Waals surface area contributed by atoms with Crippen LogP contribution in [0.15, 0.2) is 18.2 Å². The molecule has 0 aliphatic carbocycles. The van der Waals surface area contributed by atoms with Gasteiger partial charge in [-0.25, -0.2) is 0 Å². The van der Waals surface area contributed by atoms with Crippen LogP contribution >= 0.6 is 0 Å². The van der Waals surface area contributed by atoms with Crippen LogP contribution in [0.5, 0.6) is 5.75 Å². The number of nitrogens with one attached hydrogen (secondary N) is 2. The highest BCUT2D eigenvalue weighted by atomic mass is 16.5. The number of hydrogen-bond acceptors (Lipinski definition) is 4. The van der Waals surface area contributed by atoms with Crippen LogP contribution in [-0.2, 0) is 9.59 Å². The second kappa shape index (κ2) is 7.64. The van der Waals surface area contributed by atoms with E-state index >= 15 is 0 Å². The number of nitrogens with two attached hydrogens (primary N) is 1. The predicted octanol–water partition coefficient (Wildman–Crippen LogP) is 1.04. The maximum atomic E-state index is 11.8. The molecule has 0 aromatic heterocycles. The fourth-order valence-electron chi connectivity index (χ4n) is 1.75. The van der Waals surface area contributed by atoms with Crippen molar-refractivity contribution in [2.24, 2.45) is 11.7 Å². The average Bonchev–Trinajstić information content (AvgIpc) is 2.44. The van der Waals surface area contributed by atoms with E-state index in [9.17, 15) is 9.59 Å². The summed E-state index contributed by atoms with van der Waals surface area (Å²) in [5, 5.41) is 5.23.